The van der Waals surface area contributed by atoms with E-state index in [1.54, 1.807) is 4.68 Å². The summed E-state index contributed by atoms with van der Waals surface area (Å²) < 4.78 is 1.64. The largest absolute Gasteiger partial charge is 0.365 e. The van der Waals surface area contributed by atoms with Crippen LogP contribution in [-0.4, -0.2) is 9.78 Å². The quantitative estimate of drug-likeness (QED) is 0.862. The highest BCUT2D eigenvalue weighted by molar-refractivity contribution is 6.30. The van der Waals surface area contributed by atoms with Crippen LogP contribution in [0.5, 0.6) is 0 Å². The Morgan fingerprint density at radius 2 is 2.40 bits per heavy atom. The third kappa shape index (κ3) is 2.73. The van der Waals surface area contributed by atoms with Crippen molar-refractivity contribution in [3.63, 3.8) is 0 Å². The molecule has 1 radical (unpaired) electrons. The van der Waals surface area contributed by atoms with Crippen LogP contribution in [0.3, 0.4) is 0 Å². The fourth-order valence-electron chi connectivity index (χ4n) is 1.30. The molecule has 0 unspecified atom stereocenters. The lowest BCUT2D eigenvalue weighted by molar-refractivity contribution is 0.762. The van der Waals surface area contributed by atoms with Crippen LogP contribution in [-0.2, 0) is 13.6 Å². The van der Waals surface area contributed by atoms with Crippen LogP contribution in [0.25, 0.3) is 0 Å². The van der Waals surface area contributed by atoms with Crippen LogP contribution in [0, 0.1) is 6.20 Å². The number of hydrogen-bond donors (Lipinski definition) is 1. The van der Waals surface area contributed by atoms with Gasteiger partial charge in [-0.05, 0) is 17.7 Å². The van der Waals surface area contributed by atoms with E-state index in [1.807, 2.05) is 37.4 Å². The summed E-state index contributed by atoms with van der Waals surface area (Å²) in [6.45, 7) is 0.714. The van der Waals surface area contributed by atoms with E-state index in [1.165, 1.54) is 0 Å². The van der Waals surface area contributed by atoms with Crippen molar-refractivity contribution < 1.29 is 0 Å². The van der Waals surface area contributed by atoms with Crippen molar-refractivity contribution in [2.75, 3.05) is 5.32 Å². The smallest absolute Gasteiger partial charge is 0.148 e. The molecule has 0 amide bonds. The highest BCUT2D eigenvalue weighted by atomic mass is 35.5. The van der Waals surface area contributed by atoms with Crippen molar-refractivity contribution in [3.05, 3.63) is 47.1 Å². The highest BCUT2D eigenvalue weighted by Crippen LogP contribution is 2.12. The van der Waals surface area contributed by atoms with E-state index in [2.05, 4.69) is 16.6 Å². The average molecular weight is 221 g/mol. The summed E-state index contributed by atoms with van der Waals surface area (Å²) in [4.78, 5) is 0. The topological polar surface area (TPSA) is 29.9 Å². The van der Waals surface area contributed by atoms with Gasteiger partial charge in [0.2, 0.25) is 0 Å². The number of nitrogens with zero attached hydrogens (tertiary/aromatic N) is 2. The second-order valence-corrected chi connectivity index (χ2v) is 3.70. The van der Waals surface area contributed by atoms with Crippen molar-refractivity contribution in [1.82, 2.24) is 9.78 Å². The fraction of sp³-hybridized carbons (Fsp3) is 0.182. The van der Waals surface area contributed by atoms with E-state index >= 15 is 0 Å². The molecule has 0 aliphatic rings. The number of aromatic nitrogens is 2. The van der Waals surface area contributed by atoms with Gasteiger partial charge in [-0.25, -0.2) is 0 Å². The zero-order valence-electron chi connectivity index (χ0n) is 8.37. The van der Waals surface area contributed by atoms with Gasteiger partial charge in [0.05, 0.1) is 6.20 Å². The first kappa shape index (κ1) is 10.1. The van der Waals surface area contributed by atoms with E-state index in [4.69, 9.17) is 11.6 Å². The molecule has 77 valence electrons. The van der Waals surface area contributed by atoms with Gasteiger partial charge >= 0.3 is 0 Å². The van der Waals surface area contributed by atoms with Crippen molar-refractivity contribution >= 4 is 17.4 Å². The van der Waals surface area contributed by atoms with Crippen LogP contribution in [0.2, 0.25) is 5.02 Å². The summed E-state index contributed by atoms with van der Waals surface area (Å²) in [5.74, 6) is 0.817. The Hall–Kier alpha value is -1.48. The first-order valence-electron chi connectivity index (χ1n) is 4.64. The molecule has 2 rings (SSSR count). The molecular weight excluding hydrogens is 210 g/mol. The van der Waals surface area contributed by atoms with E-state index < -0.39 is 0 Å². The lowest BCUT2D eigenvalue weighted by atomic mass is 10.2. The second kappa shape index (κ2) is 4.36. The molecule has 0 saturated heterocycles. The molecule has 0 atom stereocenters. The Morgan fingerprint density at radius 1 is 1.53 bits per heavy atom. The van der Waals surface area contributed by atoms with Gasteiger partial charge in [0.25, 0.3) is 0 Å². The van der Waals surface area contributed by atoms with E-state index in [9.17, 15) is 0 Å². The molecule has 0 spiro atoms. The van der Waals surface area contributed by atoms with Crippen LogP contribution in [0.1, 0.15) is 5.56 Å². The molecule has 0 aliphatic carbocycles. The average Bonchev–Trinajstić information content (AvgIpc) is 2.62. The Bertz CT molecular complexity index is 451. The standard InChI is InChI=1S/C11H11ClN3/c1-15-6-5-11(14-15)13-8-9-3-2-4-10(12)7-9/h2-5,7H,8H2,1H3,(H,13,14). The molecule has 4 heteroatoms. The fourth-order valence-corrected chi connectivity index (χ4v) is 1.51. The minimum Gasteiger partial charge on any atom is -0.365 e. The minimum atomic E-state index is 0.714. The molecule has 0 fully saturated rings. The van der Waals surface area contributed by atoms with E-state index in [-0.39, 0.29) is 0 Å². The van der Waals surface area contributed by atoms with Crippen LogP contribution >= 0.6 is 11.6 Å². The molecular formula is C11H11ClN3. The van der Waals surface area contributed by atoms with Gasteiger partial charge in [-0.2, -0.15) is 5.10 Å². The van der Waals surface area contributed by atoms with Gasteiger partial charge in [-0.15, -0.1) is 0 Å². The predicted octanol–water partition coefficient (Wildman–Crippen LogP) is 2.49. The summed E-state index contributed by atoms with van der Waals surface area (Å²) in [6.07, 6.45) is 2.93. The monoisotopic (exact) mass is 220 g/mol. The number of hydrogen-bond acceptors (Lipinski definition) is 2. The SMILES string of the molecule is Cn1[c]cc(NCc2cccc(Cl)c2)n1. The van der Waals surface area contributed by atoms with Gasteiger partial charge in [0.1, 0.15) is 5.82 Å². The Balaban J connectivity index is 1.99. The maximum atomic E-state index is 5.88. The number of benzene rings is 1. The third-order valence-electron chi connectivity index (χ3n) is 2.01. The molecule has 15 heavy (non-hydrogen) atoms. The lowest BCUT2D eigenvalue weighted by Gasteiger charge is -2.03. The minimum absolute atomic E-state index is 0.714. The van der Waals surface area contributed by atoms with Crippen molar-refractivity contribution in [2.45, 2.75) is 6.54 Å². The number of rotatable bonds is 3. The van der Waals surface area contributed by atoms with Crippen molar-refractivity contribution in [2.24, 2.45) is 7.05 Å². The lowest BCUT2D eigenvalue weighted by Crippen LogP contribution is -2.00. The number of nitrogens with one attached hydrogen (secondary N) is 1. The number of halogens is 1. The highest BCUT2D eigenvalue weighted by Gasteiger charge is 1.97. The zero-order chi connectivity index (χ0) is 10.7. The molecule has 2 aromatic rings. The number of aryl methyl sites for hydroxylation is 1. The first-order valence-corrected chi connectivity index (χ1v) is 5.02. The predicted molar refractivity (Wildman–Crippen MR) is 60.8 cm³/mol. The molecule has 0 saturated carbocycles. The summed E-state index contributed by atoms with van der Waals surface area (Å²) in [5, 5.41) is 8.10. The summed E-state index contributed by atoms with van der Waals surface area (Å²) in [5.41, 5.74) is 1.13. The van der Waals surface area contributed by atoms with E-state index in [0.717, 1.165) is 16.4 Å². The summed E-state index contributed by atoms with van der Waals surface area (Å²) in [7, 11) is 1.84. The molecule has 1 N–H and O–H groups in total. The van der Waals surface area contributed by atoms with Gasteiger partial charge in [0, 0.05) is 24.7 Å². The molecule has 1 aromatic heterocycles. The van der Waals surface area contributed by atoms with Crippen LogP contribution < -0.4 is 5.32 Å². The molecule has 3 nitrogen and oxygen atoms in total. The van der Waals surface area contributed by atoms with Gasteiger partial charge in [-0.1, -0.05) is 23.7 Å². The Kier molecular flexibility index (Phi) is 2.92. The maximum Gasteiger partial charge on any atom is 0.148 e. The summed E-state index contributed by atoms with van der Waals surface area (Å²) in [6, 6.07) is 9.56. The molecule has 0 bridgehead atoms. The maximum absolute atomic E-state index is 5.88. The number of anilines is 1. The van der Waals surface area contributed by atoms with Crippen LogP contribution in [0.4, 0.5) is 5.82 Å². The van der Waals surface area contributed by atoms with E-state index in [0.29, 0.717) is 6.54 Å². The van der Waals surface area contributed by atoms with Gasteiger partial charge < -0.3 is 5.32 Å². The Labute approximate surface area is 93.7 Å². The summed E-state index contributed by atoms with van der Waals surface area (Å²) >= 11 is 5.88. The second-order valence-electron chi connectivity index (χ2n) is 3.27. The third-order valence-corrected chi connectivity index (χ3v) is 2.24. The van der Waals surface area contributed by atoms with Crippen LogP contribution in [0.15, 0.2) is 30.3 Å². The van der Waals surface area contributed by atoms with Crippen molar-refractivity contribution in [1.29, 1.82) is 0 Å². The Morgan fingerprint density at radius 3 is 3.07 bits per heavy atom. The zero-order valence-corrected chi connectivity index (χ0v) is 9.12. The van der Waals surface area contributed by atoms with Gasteiger partial charge in [0.15, 0.2) is 0 Å². The molecule has 1 heterocycles. The first-order chi connectivity index (χ1) is 7.24. The van der Waals surface area contributed by atoms with Crippen molar-refractivity contribution in [3.8, 4) is 0 Å². The van der Waals surface area contributed by atoms with Gasteiger partial charge in [-0.3, -0.25) is 4.68 Å². The molecule has 0 aliphatic heterocycles. The molecule has 1 aromatic carbocycles. The normalized spacial score (nSPS) is 10.3.